The molecule has 0 unspecified atom stereocenters. The second-order valence-corrected chi connectivity index (χ2v) is 6.93. The lowest BCUT2D eigenvalue weighted by atomic mass is 10.2. The van der Waals surface area contributed by atoms with Crippen LogP contribution in [-0.2, 0) is 20.9 Å². The third-order valence-corrected chi connectivity index (χ3v) is 3.65. The molecule has 0 saturated carbocycles. The summed E-state index contributed by atoms with van der Waals surface area (Å²) in [5.74, 6) is -0.367. The molecular weight excluding hydrogens is 294 g/mol. The summed E-state index contributed by atoms with van der Waals surface area (Å²) in [5, 5.41) is 0. The van der Waals surface area contributed by atoms with Gasteiger partial charge >= 0.3 is 12.1 Å². The molecule has 0 aromatic heterocycles. The van der Waals surface area contributed by atoms with E-state index in [1.807, 2.05) is 52.0 Å². The first-order valence-corrected chi connectivity index (χ1v) is 7.98. The van der Waals surface area contributed by atoms with Gasteiger partial charge in [-0.05, 0) is 46.1 Å². The Morgan fingerprint density at radius 2 is 1.87 bits per heavy atom. The highest BCUT2D eigenvalue weighted by Crippen LogP contribution is 2.22. The molecule has 1 saturated heterocycles. The molecule has 1 aromatic rings. The van der Waals surface area contributed by atoms with Gasteiger partial charge in [0.15, 0.2) is 0 Å². The fourth-order valence-electron chi connectivity index (χ4n) is 2.49. The molecule has 1 aliphatic heterocycles. The van der Waals surface area contributed by atoms with Crippen LogP contribution in [0.1, 0.15) is 44.7 Å². The molecule has 5 nitrogen and oxygen atoms in total. The Kier molecular flexibility index (Phi) is 5.29. The molecule has 0 N–H and O–H groups in total. The van der Waals surface area contributed by atoms with Crippen molar-refractivity contribution >= 4 is 12.1 Å². The summed E-state index contributed by atoms with van der Waals surface area (Å²) < 4.78 is 10.7. The minimum atomic E-state index is -0.573. The second kappa shape index (κ2) is 7.02. The maximum Gasteiger partial charge on any atom is 0.411 e. The van der Waals surface area contributed by atoms with E-state index in [4.69, 9.17) is 9.47 Å². The topological polar surface area (TPSA) is 55.8 Å². The predicted molar refractivity (Wildman–Crippen MR) is 86.9 cm³/mol. The van der Waals surface area contributed by atoms with Crippen molar-refractivity contribution in [2.45, 2.75) is 58.8 Å². The number of benzene rings is 1. The van der Waals surface area contributed by atoms with Gasteiger partial charge in [0.05, 0.1) is 0 Å². The Morgan fingerprint density at radius 3 is 2.48 bits per heavy atom. The zero-order valence-corrected chi connectivity index (χ0v) is 14.3. The summed E-state index contributed by atoms with van der Waals surface area (Å²) in [7, 11) is 0. The van der Waals surface area contributed by atoms with Gasteiger partial charge in [0, 0.05) is 6.54 Å². The van der Waals surface area contributed by atoms with Crippen molar-refractivity contribution in [3.8, 4) is 0 Å². The van der Waals surface area contributed by atoms with Crippen LogP contribution in [0.25, 0.3) is 0 Å². The fraction of sp³-hybridized carbons (Fsp3) is 0.556. The lowest BCUT2D eigenvalue weighted by Gasteiger charge is -2.27. The van der Waals surface area contributed by atoms with Crippen LogP contribution in [0.4, 0.5) is 4.79 Å². The van der Waals surface area contributed by atoms with Crippen molar-refractivity contribution in [1.29, 1.82) is 0 Å². The van der Waals surface area contributed by atoms with E-state index in [0.717, 1.165) is 17.5 Å². The SMILES string of the molecule is Cc1ccc(COC(=O)[C@H]2CCCN2C(=O)OC(C)(C)C)cc1. The maximum atomic E-state index is 12.3. The lowest BCUT2D eigenvalue weighted by molar-refractivity contribution is -0.150. The van der Waals surface area contributed by atoms with Crippen LogP contribution >= 0.6 is 0 Å². The number of hydrogen-bond donors (Lipinski definition) is 0. The predicted octanol–water partition coefficient (Wildman–Crippen LogP) is 3.44. The van der Waals surface area contributed by atoms with E-state index in [-0.39, 0.29) is 12.6 Å². The minimum Gasteiger partial charge on any atom is -0.459 e. The van der Waals surface area contributed by atoms with Crippen molar-refractivity contribution in [1.82, 2.24) is 4.90 Å². The van der Waals surface area contributed by atoms with Crippen molar-refractivity contribution in [3.63, 3.8) is 0 Å². The number of carbonyl (C=O) groups is 2. The molecule has 1 aliphatic rings. The van der Waals surface area contributed by atoms with E-state index in [1.165, 1.54) is 4.90 Å². The van der Waals surface area contributed by atoms with Crippen molar-refractivity contribution < 1.29 is 19.1 Å². The molecule has 0 bridgehead atoms. The molecule has 23 heavy (non-hydrogen) atoms. The Labute approximate surface area is 137 Å². The van der Waals surface area contributed by atoms with Gasteiger partial charge in [0.1, 0.15) is 18.2 Å². The van der Waals surface area contributed by atoms with Crippen LogP contribution in [0.5, 0.6) is 0 Å². The summed E-state index contributed by atoms with van der Waals surface area (Å²) in [4.78, 5) is 26.0. The molecule has 5 heteroatoms. The van der Waals surface area contributed by atoms with Crippen molar-refractivity contribution in [2.24, 2.45) is 0 Å². The van der Waals surface area contributed by atoms with Gasteiger partial charge in [-0.25, -0.2) is 9.59 Å². The van der Waals surface area contributed by atoms with Gasteiger partial charge in [-0.2, -0.15) is 0 Å². The summed E-state index contributed by atoms with van der Waals surface area (Å²) in [6, 6.07) is 7.28. The minimum absolute atomic E-state index is 0.220. The van der Waals surface area contributed by atoms with Crippen LogP contribution in [-0.4, -0.2) is 35.2 Å². The van der Waals surface area contributed by atoms with Gasteiger partial charge in [-0.3, -0.25) is 4.90 Å². The summed E-state index contributed by atoms with van der Waals surface area (Å²) in [5.41, 5.74) is 1.52. The third-order valence-electron chi connectivity index (χ3n) is 3.65. The third kappa shape index (κ3) is 4.98. The first kappa shape index (κ1) is 17.3. The highest BCUT2D eigenvalue weighted by Gasteiger charge is 2.37. The average Bonchev–Trinajstić information content (AvgIpc) is 2.94. The molecule has 1 fully saturated rings. The van der Waals surface area contributed by atoms with Gasteiger partial charge in [0.25, 0.3) is 0 Å². The number of hydrogen-bond acceptors (Lipinski definition) is 4. The van der Waals surface area contributed by atoms with Crippen LogP contribution < -0.4 is 0 Å². The molecule has 1 aromatic carbocycles. The number of amides is 1. The van der Waals surface area contributed by atoms with Gasteiger partial charge in [-0.15, -0.1) is 0 Å². The summed E-state index contributed by atoms with van der Waals surface area (Å²) in [6.45, 7) is 8.19. The van der Waals surface area contributed by atoms with E-state index in [2.05, 4.69) is 0 Å². The second-order valence-electron chi connectivity index (χ2n) is 6.93. The highest BCUT2D eigenvalue weighted by molar-refractivity contribution is 5.82. The molecule has 2 rings (SSSR count). The van der Waals surface area contributed by atoms with E-state index >= 15 is 0 Å². The normalized spacial score (nSPS) is 17.9. The largest absolute Gasteiger partial charge is 0.459 e. The summed E-state index contributed by atoms with van der Waals surface area (Å²) in [6.07, 6.45) is 0.947. The van der Waals surface area contributed by atoms with E-state index in [0.29, 0.717) is 13.0 Å². The molecule has 1 amide bonds. The van der Waals surface area contributed by atoms with E-state index in [1.54, 1.807) is 0 Å². The number of nitrogens with zero attached hydrogens (tertiary/aromatic N) is 1. The molecule has 0 aliphatic carbocycles. The van der Waals surface area contributed by atoms with E-state index in [9.17, 15) is 9.59 Å². The number of aryl methyl sites for hydroxylation is 1. The van der Waals surface area contributed by atoms with Crippen LogP contribution in [0.15, 0.2) is 24.3 Å². The maximum absolute atomic E-state index is 12.3. The van der Waals surface area contributed by atoms with E-state index < -0.39 is 17.7 Å². The lowest BCUT2D eigenvalue weighted by Crippen LogP contribution is -2.44. The van der Waals surface area contributed by atoms with Gasteiger partial charge in [-0.1, -0.05) is 29.8 Å². The van der Waals surface area contributed by atoms with Crippen molar-refractivity contribution in [3.05, 3.63) is 35.4 Å². The number of rotatable bonds is 3. The van der Waals surface area contributed by atoms with Crippen molar-refractivity contribution in [2.75, 3.05) is 6.54 Å². The van der Waals surface area contributed by atoms with Crippen LogP contribution in [0.2, 0.25) is 0 Å². The summed E-state index contributed by atoms with van der Waals surface area (Å²) >= 11 is 0. The number of likely N-dealkylation sites (tertiary alicyclic amines) is 1. The van der Waals surface area contributed by atoms with Gasteiger partial charge in [0.2, 0.25) is 0 Å². The quantitative estimate of drug-likeness (QED) is 0.801. The Morgan fingerprint density at radius 1 is 1.22 bits per heavy atom. The zero-order valence-electron chi connectivity index (χ0n) is 14.3. The molecular formula is C18H25NO4. The molecule has 126 valence electrons. The monoisotopic (exact) mass is 319 g/mol. The highest BCUT2D eigenvalue weighted by atomic mass is 16.6. The fourth-order valence-corrected chi connectivity index (χ4v) is 2.49. The first-order valence-electron chi connectivity index (χ1n) is 7.98. The smallest absolute Gasteiger partial charge is 0.411 e. The number of ether oxygens (including phenoxy) is 2. The zero-order chi connectivity index (χ0) is 17.0. The molecule has 0 spiro atoms. The van der Waals surface area contributed by atoms with Crippen LogP contribution in [0, 0.1) is 6.92 Å². The molecule has 1 heterocycles. The standard InChI is InChI=1S/C18H25NO4/c1-13-7-9-14(10-8-13)12-22-16(20)15-6-5-11-19(15)17(21)23-18(2,3)4/h7-10,15H,5-6,11-12H2,1-4H3/t15-/m1/s1. The van der Waals surface area contributed by atoms with Gasteiger partial charge < -0.3 is 9.47 Å². The first-order chi connectivity index (χ1) is 10.8. The average molecular weight is 319 g/mol. The Hall–Kier alpha value is -2.04. The molecule has 0 radical (unpaired) electrons. The number of carbonyl (C=O) groups excluding carboxylic acids is 2. The van der Waals surface area contributed by atoms with Crippen LogP contribution in [0.3, 0.4) is 0 Å². The Bertz CT molecular complexity index is 559. The number of esters is 1. The Balaban J connectivity index is 1.92. The molecule has 1 atom stereocenters.